The first kappa shape index (κ1) is 20.1. The van der Waals surface area contributed by atoms with Crippen LogP contribution in [0.4, 0.5) is 13.2 Å². The molecule has 0 unspecified atom stereocenters. The van der Waals surface area contributed by atoms with Crippen molar-refractivity contribution in [1.82, 2.24) is 14.8 Å². The molecule has 28 heavy (non-hydrogen) atoms. The minimum Gasteiger partial charge on any atom is -0.486 e. The molecule has 0 amide bonds. The molecule has 0 aliphatic carbocycles. The zero-order valence-electron chi connectivity index (χ0n) is 14.9. The number of alkyl halides is 3. The lowest BCUT2D eigenvalue weighted by Gasteiger charge is -2.29. The van der Waals surface area contributed by atoms with Gasteiger partial charge in [0.25, 0.3) is 0 Å². The predicted molar refractivity (Wildman–Crippen MR) is 87.7 cm³/mol. The second kappa shape index (κ2) is 8.15. The van der Waals surface area contributed by atoms with E-state index in [4.69, 9.17) is 18.9 Å². The smallest absolute Gasteiger partial charge is 0.447 e. The molecular formula is C17H18F3N3O5. The third-order valence-electron chi connectivity index (χ3n) is 3.88. The molecule has 0 aromatic carbocycles. The van der Waals surface area contributed by atoms with Gasteiger partial charge < -0.3 is 18.9 Å². The monoisotopic (exact) mass is 401 g/mol. The normalized spacial score (nSPS) is 16.1. The Kier molecular flexibility index (Phi) is 5.84. The summed E-state index contributed by atoms with van der Waals surface area (Å²) in [6, 6.07) is 3.06. The van der Waals surface area contributed by atoms with Crippen LogP contribution in [0.2, 0.25) is 0 Å². The van der Waals surface area contributed by atoms with Gasteiger partial charge in [-0.3, -0.25) is 9.67 Å². The van der Waals surface area contributed by atoms with Crippen molar-refractivity contribution < 1.29 is 36.9 Å². The molecular weight excluding hydrogens is 383 g/mol. The van der Waals surface area contributed by atoms with Gasteiger partial charge in [-0.05, 0) is 19.1 Å². The highest BCUT2D eigenvalue weighted by Crippen LogP contribution is 2.38. The van der Waals surface area contributed by atoms with Crippen molar-refractivity contribution in [2.75, 3.05) is 26.4 Å². The summed E-state index contributed by atoms with van der Waals surface area (Å²) in [5.74, 6) is -3.09. The van der Waals surface area contributed by atoms with Crippen LogP contribution in [0.1, 0.15) is 23.0 Å². The standard InChI is InChI=1S/C17H18F3N3O5/c1-2-25-15(24)12-7-22-23(9-12)10-13-3-4-14(8-21-13)26-11-16(17(18,19)20)27-5-6-28-16/h3-4,7-9H,2,5-6,10-11H2,1H3. The molecule has 11 heteroatoms. The maximum Gasteiger partial charge on any atom is 0.447 e. The zero-order valence-corrected chi connectivity index (χ0v) is 14.9. The predicted octanol–water partition coefficient (Wildman–Crippen LogP) is 2.19. The average molecular weight is 401 g/mol. The van der Waals surface area contributed by atoms with Crippen molar-refractivity contribution in [3.8, 4) is 5.75 Å². The van der Waals surface area contributed by atoms with Crippen LogP contribution in [-0.2, 0) is 20.8 Å². The first-order chi connectivity index (χ1) is 13.3. The first-order valence-electron chi connectivity index (χ1n) is 8.45. The largest absolute Gasteiger partial charge is 0.486 e. The fourth-order valence-corrected chi connectivity index (χ4v) is 2.49. The van der Waals surface area contributed by atoms with E-state index >= 15 is 0 Å². The lowest BCUT2D eigenvalue weighted by atomic mass is 10.3. The molecule has 0 N–H and O–H groups in total. The molecule has 3 rings (SSSR count). The van der Waals surface area contributed by atoms with Gasteiger partial charge in [-0.15, -0.1) is 0 Å². The van der Waals surface area contributed by atoms with Crippen molar-refractivity contribution in [3.63, 3.8) is 0 Å². The number of carbonyl (C=O) groups is 1. The maximum atomic E-state index is 13.1. The summed E-state index contributed by atoms with van der Waals surface area (Å²) in [5, 5.41) is 4.05. The molecule has 0 saturated carbocycles. The SMILES string of the molecule is CCOC(=O)c1cnn(Cc2ccc(OCC3(C(F)(F)F)OCCO3)cn2)c1. The summed E-state index contributed by atoms with van der Waals surface area (Å²) in [6.07, 6.45) is -0.517. The zero-order chi connectivity index (χ0) is 20.2. The molecule has 0 spiro atoms. The Morgan fingerprint density at radius 2 is 2.04 bits per heavy atom. The molecule has 0 radical (unpaired) electrons. The van der Waals surface area contributed by atoms with Gasteiger partial charge >= 0.3 is 17.9 Å². The molecule has 8 nitrogen and oxygen atoms in total. The summed E-state index contributed by atoms with van der Waals surface area (Å²) in [4.78, 5) is 15.8. The third-order valence-corrected chi connectivity index (χ3v) is 3.88. The van der Waals surface area contributed by atoms with E-state index in [-0.39, 0.29) is 32.1 Å². The second-order valence-corrected chi connectivity index (χ2v) is 5.87. The van der Waals surface area contributed by atoms with Gasteiger partial charge in [0, 0.05) is 6.20 Å². The van der Waals surface area contributed by atoms with Gasteiger partial charge in [-0.1, -0.05) is 0 Å². The number of rotatable bonds is 7. The van der Waals surface area contributed by atoms with Crippen LogP contribution >= 0.6 is 0 Å². The summed E-state index contributed by atoms with van der Waals surface area (Å²) >= 11 is 0. The highest BCUT2D eigenvalue weighted by Gasteiger charge is 2.61. The Morgan fingerprint density at radius 1 is 1.29 bits per heavy atom. The number of nitrogens with zero attached hydrogens (tertiary/aromatic N) is 3. The summed E-state index contributed by atoms with van der Waals surface area (Å²) in [6.45, 7) is 1.09. The number of ether oxygens (including phenoxy) is 4. The number of carbonyl (C=O) groups excluding carboxylic acids is 1. The van der Waals surface area contributed by atoms with Crippen molar-refractivity contribution in [2.45, 2.75) is 25.4 Å². The quantitative estimate of drug-likeness (QED) is 0.658. The van der Waals surface area contributed by atoms with Crippen molar-refractivity contribution in [2.24, 2.45) is 0 Å². The Bertz CT molecular complexity index is 801. The van der Waals surface area contributed by atoms with Crippen LogP contribution in [0.3, 0.4) is 0 Å². The molecule has 1 fully saturated rings. The number of aromatic nitrogens is 3. The summed E-state index contributed by atoms with van der Waals surface area (Å²) < 4.78 is 60.4. The number of hydrogen-bond donors (Lipinski definition) is 0. The second-order valence-electron chi connectivity index (χ2n) is 5.87. The fraction of sp³-hybridized carbons (Fsp3) is 0.471. The fourth-order valence-electron chi connectivity index (χ4n) is 2.49. The maximum absolute atomic E-state index is 13.1. The molecule has 1 saturated heterocycles. The van der Waals surface area contributed by atoms with E-state index in [9.17, 15) is 18.0 Å². The van der Waals surface area contributed by atoms with Crippen molar-refractivity contribution >= 4 is 5.97 Å². The van der Waals surface area contributed by atoms with Crippen LogP contribution in [0.25, 0.3) is 0 Å². The molecule has 152 valence electrons. The van der Waals surface area contributed by atoms with Gasteiger partial charge in [0.05, 0.1) is 50.0 Å². The van der Waals surface area contributed by atoms with Crippen LogP contribution < -0.4 is 4.74 Å². The van der Waals surface area contributed by atoms with E-state index in [1.807, 2.05) is 0 Å². The van der Waals surface area contributed by atoms with Gasteiger partial charge in [0.1, 0.15) is 5.75 Å². The van der Waals surface area contributed by atoms with E-state index in [1.54, 1.807) is 13.0 Å². The molecule has 1 aliphatic heterocycles. The number of halogens is 3. The first-order valence-corrected chi connectivity index (χ1v) is 8.45. The topological polar surface area (TPSA) is 84.7 Å². The Balaban J connectivity index is 1.59. The highest BCUT2D eigenvalue weighted by atomic mass is 19.4. The number of esters is 1. The Morgan fingerprint density at radius 3 is 2.64 bits per heavy atom. The van der Waals surface area contributed by atoms with E-state index in [0.717, 1.165) is 0 Å². The van der Waals surface area contributed by atoms with Crippen molar-refractivity contribution in [1.29, 1.82) is 0 Å². The minimum absolute atomic E-state index is 0.138. The summed E-state index contributed by atoms with van der Waals surface area (Å²) in [7, 11) is 0. The van der Waals surface area contributed by atoms with Crippen LogP contribution in [0.5, 0.6) is 5.75 Å². The third kappa shape index (κ3) is 4.42. The van der Waals surface area contributed by atoms with E-state index in [2.05, 4.69) is 10.1 Å². The molecule has 0 bridgehead atoms. The lowest BCUT2D eigenvalue weighted by Crippen LogP contribution is -2.51. The van der Waals surface area contributed by atoms with Crippen molar-refractivity contribution in [3.05, 3.63) is 42.0 Å². The minimum atomic E-state index is -4.71. The van der Waals surface area contributed by atoms with Crippen LogP contribution in [0.15, 0.2) is 30.7 Å². The van der Waals surface area contributed by atoms with Gasteiger partial charge in [-0.25, -0.2) is 4.79 Å². The van der Waals surface area contributed by atoms with Crippen LogP contribution in [-0.4, -0.2) is 59.1 Å². The van der Waals surface area contributed by atoms with Crippen LogP contribution in [0, 0.1) is 0 Å². The lowest BCUT2D eigenvalue weighted by molar-refractivity contribution is -0.350. The Hall–Kier alpha value is -2.66. The van der Waals surface area contributed by atoms with E-state index < -0.39 is 24.5 Å². The number of pyridine rings is 1. The van der Waals surface area contributed by atoms with E-state index in [0.29, 0.717) is 11.3 Å². The number of hydrogen-bond acceptors (Lipinski definition) is 7. The highest BCUT2D eigenvalue weighted by molar-refractivity contribution is 5.88. The van der Waals surface area contributed by atoms with E-state index in [1.165, 1.54) is 29.3 Å². The Labute approximate surface area is 158 Å². The molecule has 0 atom stereocenters. The average Bonchev–Trinajstić information content (AvgIpc) is 3.31. The molecule has 3 heterocycles. The van der Waals surface area contributed by atoms with Gasteiger partial charge in [-0.2, -0.15) is 18.3 Å². The summed E-state index contributed by atoms with van der Waals surface area (Å²) in [5.41, 5.74) is 0.889. The van der Waals surface area contributed by atoms with Gasteiger partial charge in [0.2, 0.25) is 0 Å². The molecule has 2 aromatic heterocycles. The molecule has 2 aromatic rings. The van der Waals surface area contributed by atoms with Gasteiger partial charge in [0.15, 0.2) is 6.61 Å². The molecule has 1 aliphatic rings.